The third-order valence-electron chi connectivity index (χ3n) is 3.31. The minimum atomic E-state index is -1.01. The van der Waals surface area contributed by atoms with Gasteiger partial charge in [0.05, 0.1) is 17.8 Å². The molecule has 1 aliphatic carbocycles. The molecule has 2 amide bonds. The Kier molecular flexibility index (Phi) is 3.42. The first-order chi connectivity index (χ1) is 8.88. The minimum absolute atomic E-state index is 0.163. The predicted molar refractivity (Wildman–Crippen MR) is 68.8 cm³/mol. The van der Waals surface area contributed by atoms with E-state index in [0.717, 1.165) is 6.42 Å². The maximum absolute atomic E-state index is 11.6. The first-order valence-electron chi connectivity index (χ1n) is 6.11. The van der Waals surface area contributed by atoms with Crippen molar-refractivity contribution in [3.8, 4) is 0 Å². The smallest absolute Gasteiger partial charge is 0.335 e. The first-order valence-corrected chi connectivity index (χ1v) is 6.11. The van der Waals surface area contributed by atoms with Crippen molar-refractivity contribution in [1.29, 1.82) is 0 Å². The fraction of sp³-hybridized carbons (Fsp3) is 0.462. The average Bonchev–Trinajstić information content (AvgIpc) is 2.94. The summed E-state index contributed by atoms with van der Waals surface area (Å²) in [5, 5.41) is 14.4. The lowest BCUT2D eigenvalue weighted by molar-refractivity contribution is 0.0696. The number of aromatic nitrogens is 1. The van der Waals surface area contributed by atoms with E-state index in [4.69, 9.17) is 5.11 Å². The zero-order chi connectivity index (χ0) is 14.0. The van der Waals surface area contributed by atoms with Crippen molar-refractivity contribution >= 4 is 12.0 Å². The third-order valence-corrected chi connectivity index (χ3v) is 3.31. The summed E-state index contributed by atoms with van der Waals surface area (Å²) in [4.78, 5) is 26.4. The van der Waals surface area contributed by atoms with Crippen molar-refractivity contribution in [3.63, 3.8) is 0 Å². The van der Waals surface area contributed by atoms with Gasteiger partial charge in [0, 0.05) is 12.2 Å². The second-order valence-electron chi connectivity index (χ2n) is 5.41. The van der Waals surface area contributed by atoms with Crippen molar-refractivity contribution in [3.05, 3.63) is 29.6 Å². The van der Waals surface area contributed by atoms with Crippen LogP contribution >= 0.6 is 0 Å². The molecule has 1 atom stereocenters. The Bertz CT molecular complexity index is 514. The van der Waals surface area contributed by atoms with Crippen LogP contribution in [0, 0.1) is 5.41 Å². The van der Waals surface area contributed by atoms with E-state index in [1.807, 2.05) is 0 Å². The van der Waals surface area contributed by atoms with Crippen molar-refractivity contribution in [2.75, 3.05) is 0 Å². The number of nitrogens with one attached hydrogen (secondary N) is 2. The highest BCUT2D eigenvalue weighted by atomic mass is 16.4. The summed E-state index contributed by atoms with van der Waals surface area (Å²) in [6.45, 7) is 4.39. The third kappa shape index (κ3) is 3.43. The van der Waals surface area contributed by atoms with Crippen LogP contribution in [0.3, 0.4) is 0 Å². The van der Waals surface area contributed by atoms with Crippen LogP contribution in [0.15, 0.2) is 18.3 Å². The number of amides is 2. The molecular weight excluding hydrogens is 246 g/mol. The largest absolute Gasteiger partial charge is 0.478 e. The van der Waals surface area contributed by atoms with Gasteiger partial charge < -0.3 is 15.7 Å². The molecule has 19 heavy (non-hydrogen) atoms. The number of hydrogen-bond donors (Lipinski definition) is 3. The van der Waals surface area contributed by atoms with Gasteiger partial charge in [0.15, 0.2) is 0 Å². The second kappa shape index (κ2) is 4.87. The minimum Gasteiger partial charge on any atom is -0.478 e. The van der Waals surface area contributed by atoms with Gasteiger partial charge in [0.2, 0.25) is 0 Å². The molecule has 1 aromatic rings. The molecule has 6 nitrogen and oxygen atoms in total. The molecule has 0 spiro atoms. The molecule has 2 rings (SSSR count). The van der Waals surface area contributed by atoms with Gasteiger partial charge in [-0.1, -0.05) is 13.8 Å². The molecule has 1 saturated carbocycles. The maximum atomic E-state index is 11.6. The Morgan fingerprint density at radius 3 is 2.79 bits per heavy atom. The molecule has 0 bridgehead atoms. The number of aromatic carboxylic acids is 1. The van der Waals surface area contributed by atoms with Crippen LogP contribution in [0.4, 0.5) is 4.79 Å². The standard InChI is InChI=1S/C13H17N3O3/c1-13(2)6-10(13)16-12(19)15-7-9-5-8(11(17)18)3-4-14-9/h3-5,10H,6-7H2,1-2H3,(H,17,18)(H2,15,16,19). The van der Waals surface area contributed by atoms with E-state index in [2.05, 4.69) is 29.5 Å². The molecular formula is C13H17N3O3. The summed E-state index contributed by atoms with van der Waals surface area (Å²) in [7, 11) is 0. The van der Waals surface area contributed by atoms with E-state index in [1.54, 1.807) is 0 Å². The van der Waals surface area contributed by atoms with Crippen LogP contribution in [-0.4, -0.2) is 28.1 Å². The fourth-order valence-corrected chi connectivity index (χ4v) is 1.80. The molecule has 1 aliphatic rings. The fourth-order valence-electron chi connectivity index (χ4n) is 1.80. The highest BCUT2D eigenvalue weighted by molar-refractivity contribution is 5.87. The number of rotatable bonds is 4. The van der Waals surface area contributed by atoms with Gasteiger partial charge in [-0.15, -0.1) is 0 Å². The summed E-state index contributed by atoms with van der Waals surface area (Å²) in [5.74, 6) is -1.01. The van der Waals surface area contributed by atoms with E-state index in [0.29, 0.717) is 5.69 Å². The van der Waals surface area contributed by atoms with Crippen LogP contribution in [0.1, 0.15) is 36.3 Å². The highest BCUT2D eigenvalue weighted by Gasteiger charge is 2.46. The average molecular weight is 263 g/mol. The Morgan fingerprint density at radius 2 is 2.21 bits per heavy atom. The number of carboxylic acids is 1. The van der Waals surface area contributed by atoms with Crippen LogP contribution < -0.4 is 10.6 Å². The monoisotopic (exact) mass is 263 g/mol. The molecule has 0 aromatic carbocycles. The molecule has 1 aromatic heterocycles. The lowest BCUT2D eigenvalue weighted by Gasteiger charge is -2.08. The summed E-state index contributed by atoms with van der Waals surface area (Å²) >= 11 is 0. The van der Waals surface area contributed by atoms with Crippen molar-refractivity contribution in [2.24, 2.45) is 5.41 Å². The van der Waals surface area contributed by atoms with E-state index in [1.165, 1.54) is 18.3 Å². The predicted octanol–water partition coefficient (Wildman–Crippen LogP) is 1.38. The Morgan fingerprint density at radius 1 is 1.53 bits per heavy atom. The number of urea groups is 1. The van der Waals surface area contributed by atoms with Crippen LogP contribution in [-0.2, 0) is 6.54 Å². The molecule has 0 saturated heterocycles. The molecule has 6 heteroatoms. The zero-order valence-corrected chi connectivity index (χ0v) is 10.9. The van der Waals surface area contributed by atoms with Crippen LogP contribution in [0.25, 0.3) is 0 Å². The van der Waals surface area contributed by atoms with Gasteiger partial charge in [-0.3, -0.25) is 4.98 Å². The Balaban J connectivity index is 1.83. The topological polar surface area (TPSA) is 91.3 Å². The Labute approximate surface area is 111 Å². The van der Waals surface area contributed by atoms with Crippen molar-refractivity contribution in [2.45, 2.75) is 32.9 Å². The first kappa shape index (κ1) is 13.3. The van der Waals surface area contributed by atoms with Gasteiger partial charge in [-0.25, -0.2) is 9.59 Å². The summed E-state index contributed by atoms with van der Waals surface area (Å²) < 4.78 is 0. The number of carboxylic acid groups (broad SMARTS) is 1. The van der Waals surface area contributed by atoms with Gasteiger partial charge in [0.1, 0.15) is 0 Å². The van der Waals surface area contributed by atoms with E-state index in [-0.39, 0.29) is 29.6 Å². The zero-order valence-electron chi connectivity index (χ0n) is 10.9. The molecule has 1 heterocycles. The van der Waals surface area contributed by atoms with Gasteiger partial charge >= 0.3 is 12.0 Å². The molecule has 0 radical (unpaired) electrons. The quantitative estimate of drug-likeness (QED) is 0.765. The number of hydrogen-bond acceptors (Lipinski definition) is 3. The molecule has 3 N–H and O–H groups in total. The molecule has 1 fully saturated rings. The SMILES string of the molecule is CC1(C)CC1NC(=O)NCc1cc(C(=O)O)ccn1. The van der Waals surface area contributed by atoms with Crippen LogP contribution in [0.2, 0.25) is 0 Å². The number of nitrogens with zero attached hydrogens (tertiary/aromatic N) is 1. The molecule has 102 valence electrons. The number of carbonyl (C=O) groups is 2. The van der Waals surface area contributed by atoms with Gasteiger partial charge in [-0.05, 0) is 24.0 Å². The van der Waals surface area contributed by atoms with Crippen molar-refractivity contribution < 1.29 is 14.7 Å². The molecule has 1 unspecified atom stereocenters. The number of carbonyl (C=O) groups excluding carboxylic acids is 1. The lowest BCUT2D eigenvalue weighted by atomic mass is 10.2. The summed E-state index contributed by atoms with van der Waals surface area (Å²) in [6.07, 6.45) is 2.40. The van der Waals surface area contributed by atoms with Gasteiger partial charge in [0.25, 0.3) is 0 Å². The highest BCUT2D eigenvalue weighted by Crippen LogP contribution is 2.44. The summed E-state index contributed by atoms with van der Waals surface area (Å²) in [5.41, 5.74) is 0.861. The molecule has 0 aliphatic heterocycles. The number of pyridine rings is 1. The maximum Gasteiger partial charge on any atom is 0.335 e. The summed E-state index contributed by atoms with van der Waals surface area (Å²) in [6, 6.07) is 2.83. The second-order valence-corrected chi connectivity index (χ2v) is 5.41. The Hall–Kier alpha value is -2.11. The van der Waals surface area contributed by atoms with Crippen LogP contribution in [0.5, 0.6) is 0 Å². The lowest BCUT2D eigenvalue weighted by Crippen LogP contribution is -2.38. The normalized spacial score (nSPS) is 19.6. The van der Waals surface area contributed by atoms with Crippen molar-refractivity contribution in [1.82, 2.24) is 15.6 Å². The van der Waals surface area contributed by atoms with E-state index < -0.39 is 5.97 Å². The van der Waals surface area contributed by atoms with E-state index in [9.17, 15) is 9.59 Å². The van der Waals surface area contributed by atoms with Gasteiger partial charge in [-0.2, -0.15) is 0 Å². The van der Waals surface area contributed by atoms with E-state index >= 15 is 0 Å².